The van der Waals surface area contributed by atoms with Gasteiger partial charge in [0.15, 0.2) is 0 Å². The van der Waals surface area contributed by atoms with E-state index in [1.165, 1.54) is 92.8 Å². The molecule has 9 aromatic carbocycles. The third kappa shape index (κ3) is 4.47. The fraction of sp³-hybridized carbons (Fsp3) is 0. The molecule has 0 spiro atoms. The molecule has 0 aliphatic heterocycles. The lowest BCUT2D eigenvalue weighted by atomic mass is 9.82. The van der Waals surface area contributed by atoms with Crippen molar-refractivity contribution in [1.82, 2.24) is 0 Å². The van der Waals surface area contributed by atoms with Gasteiger partial charge in [0, 0.05) is 5.57 Å². The van der Waals surface area contributed by atoms with Crippen LogP contribution in [0.25, 0.3) is 92.8 Å². The summed E-state index contributed by atoms with van der Waals surface area (Å²) < 4.78 is 0. The molecule has 1 aliphatic rings. The normalized spacial score (nSPS) is 12.5. The van der Waals surface area contributed by atoms with E-state index in [4.69, 9.17) is 0 Å². The van der Waals surface area contributed by atoms with Gasteiger partial charge < -0.3 is 0 Å². The first kappa shape index (κ1) is 27.6. The van der Waals surface area contributed by atoms with Crippen LogP contribution in [0.4, 0.5) is 0 Å². The van der Waals surface area contributed by atoms with Crippen LogP contribution in [0.3, 0.4) is 0 Å². The Hall–Kier alpha value is -6.46. The molecule has 49 heavy (non-hydrogen) atoms. The molecule has 0 heterocycles. The van der Waals surface area contributed by atoms with Crippen LogP contribution in [0.15, 0.2) is 188 Å². The van der Waals surface area contributed by atoms with Crippen LogP contribution in [-0.4, -0.2) is 0 Å². The molecule has 10 rings (SSSR count). The van der Waals surface area contributed by atoms with Gasteiger partial charge in [0.2, 0.25) is 0 Å². The van der Waals surface area contributed by atoms with Crippen LogP contribution in [0.2, 0.25) is 0 Å². The van der Waals surface area contributed by atoms with Crippen LogP contribution < -0.4 is 0 Å². The number of allylic oxidation sites excluding steroid dienone is 3. The minimum atomic E-state index is 1.12. The van der Waals surface area contributed by atoms with E-state index in [9.17, 15) is 0 Å². The maximum atomic E-state index is 3.36. The lowest BCUT2D eigenvalue weighted by Gasteiger charge is -2.20. The Balaban J connectivity index is 1.32. The van der Waals surface area contributed by atoms with E-state index in [-0.39, 0.29) is 0 Å². The Morgan fingerprint density at radius 2 is 0.898 bits per heavy atom. The summed E-state index contributed by atoms with van der Waals surface area (Å²) in [6.45, 7) is 0. The molecule has 0 radical (unpaired) electrons. The Kier molecular flexibility index (Phi) is 6.24. The van der Waals surface area contributed by atoms with Crippen molar-refractivity contribution < 1.29 is 0 Å². The number of hydrogen-bond acceptors (Lipinski definition) is 0. The van der Waals surface area contributed by atoms with Crippen molar-refractivity contribution in [2.45, 2.75) is 0 Å². The van der Waals surface area contributed by atoms with Gasteiger partial charge in [-0.3, -0.25) is 0 Å². The highest BCUT2D eigenvalue weighted by molar-refractivity contribution is 6.26. The predicted molar refractivity (Wildman–Crippen MR) is 211 cm³/mol. The topological polar surface area (TPSA) is 0 Å². The van der Waals surface area contributed by atoms with Crippen LogP contribution in [0.1, 0.15) is 5.56 Å². The summed E-state index contributed by atoms with van der Waals surface area (Å²) in [6, 6.07) is 60.6. The van der Waals surface area contributed by atoms with E-state index in [0.717, 1.165) is 5.57 Å². The van der Waals surface area contributed by atoms with Crippen molar-refractivity contribution >= 4 is 59.4 Å². The Bertz CT molecular complexity index is 2890. The van der Waals surface area contributed by atoms with E-state index in [0.29, 0.717) is 0 Å². The molecule has 0 aromatic heterocycles. The van der Waals surface area contributed by atoms with Gasteiger partial charge in [-0.1, -0.05) is 152 Å². The molecular weight excluding hydrogens is 589 g/mol. The molecule has 0 unspecified atom stereocenters. The summed E-state index contributed by atoms with van der Waals surface area (Å²) in [7, 11) is 0. The molecule has 1 aliphatic carbocycles. The first-order chi connectivity index (χ1) is 24.3. The summed E-state index contributed by atoms with van der Waals surface area (Å²) >= 11 is 0. The highest BCUT2D eigenvalue weighted by Crippen LogP contribution is 2.47. The monoisotopic (exact) mass is 618 g/mol. The van der Waals surface area contributed by atoms with Gasteiger partial charge in [0.1, 0.15) is 0 Å². The van der Waals surface area contributed by atoms with Crippen molar-refractivity contribution in [3.8, 4) is 33.4 Å². The zero-order valence-electron chi connectivity index (χ0n) is 26.8. The van der Waals surface area contributed by atoms with Crippen molar-refractivity contribution in [2.75, 3.05) is 0 Å². The molecule has 0 heteroatoms. The minimum absolute atomic E-state index is 1.12. The zero-order valence-corrected chi connectivity index (χ0v) is 26.8. The standard InChI is InChI=1S/C49H30/c1-2-12-32(11-1)34-21-24-35(25-22-34)48-43-19-9-10-20-44(43)49(46-31-39-15-5-6-16-40(39)41-17-7-8-18-42(41)46)47-30-38(27-28-45(47)48)37-26-23-33-13-3-4-14-36(33)29-37/h1-11,13-31H. The molecule has 0 amide bonds. The first-order valence-electron chi connectivity index (χ1n) is 16.9. The molecule has 9 aromatic rings. The number of fused-ring (bicyclic) bond motifs is 6. The Morgan fingerprint density at radius 1 is 0.327 bits per heavy atom. The van der Waals surface area contributed by atoms with Crippen LogP contribution in [0, 0.1) is 0 Å². The Morgan fingerprint density at radius 3 is 1.67 bits per heavy atom. The maximum absolute atomic E-state index is 3.36. The predicted octanol–water partition coefficient (Wildman–Crippen LogP) is 13.6. The molecule has 0 atom stereocenters. The van der Waals surface area contributed by atoms with Crippen molar-refractivity contribution in [3.63, 3.8) is 0 Å². The zero-order chi connectivity index (χ0) is 32.3. The van der Waals surface area contributed by atoms with Gasteiger partial charge in [-0.2, -0.15) is 0 Å². The molecule has 226 valence electrons. The van der Waals surface area contributed by atoms with E-state index < -0.39 is 0 Å². The summed E-state index contributed by atoms with van der Waals surface area (Å²) in [5.74, 6) is 0. The SMILES string of the molecule is C1=CC=CC=1c1ccc(-c2c3ccccc3c(-c3cc4ccccc4c4ccccc34)c3cc(-c4ccc5ccccc5c4)ccc23)cc1. The smallest absolute Gasteiger partial charge is 0.0237 e. The van der Waals surface area contributed by atoms with E-state index in [1.807, 2.05) is 12.2 Å². The quantitative estimate of drug-likeness (QED) is 0.105. The number of hydrogen-bond donors (Lipinski definition) is 0. The fourth-order valence-corrected chi connectivity index (χ4v) is 7.92. The summed E-state index contributed by atoms with van der Waals surface area (Å²) in [4.78, 5) is 0. The van der Waals surface area contributed by atoms with Gasteiger partial charge in [0.05, 0.1) is 0 Å². The molecule has 0 N–H and O–H groups in total. The lowest BCUT2D eigenvalue weighted by Crippen LogP contribution is -1.93. The summed E-state index contributed by atoms with van der Waals surface area (Å²) in [5, 5.41) is 12.6. The van der Waals surface area contributed by atoms with Crippen LogP contribution in [0.5, 0.6) is 0 Å². The highest BCUT2D eigenvalue weighted by Gasteiger charge is 2.20. The van der Waals surface area contributed by atoms with Gasteiger partial charge in [-0.15, -0.1) is 5.73 Å². The summed E-state index contributed by atoms with van der Waals surface area (Å²) in [5.41, 5.74) is 13.1. The average molecular weight is 619 g/mol. The summed E-state index contributed by atoms with van der Waals surface area (Å²) in [6.07, 6.45) is 6.15. The molecule has 0 saturated carbocycles. The van der Waals surface area contributed by atoms with Crippen LogP contribution >= 0.6 is 0 Å². The second-order valence-electron chi connectivity index (χ2n) is 13.0. The second kappa shape index (κ2) is 11.1. The highest BCUT2D eigenvalue weighted by atomic mass is 14.2. The fourth-order valence-electron chi connectivity index (χ4n) is 7.92. The molecular formula is C49H30. The van der Waals surface area contributed by atoms with Crippen molar-refractivity contribution in [1.29, 1.82) is 0 Å². The second-order valence-corrected chi connectivity index (χ2v) is 13.0. The van der Waals surface area contributed by atoms with Gasteiger partial charge in [-0.25, -0.2) is 0 Å². The van der Waals surface area contributed by atoms with Crippen molar-refractivity contribution in [3.05, 3.63) is 193 Å². The minimum Gasteiger partial charge on any atom is -0.112 e. The number of benzene rings is 9. The van der Waals surface area contributed by atoms with Crippen LogP contribution in [-0.2, 0) is 0 Å². The Labute approximate surface area is 285 Å². The van der Waals surface area contributed by atoms with E-state index in [1.54, 1.807) is 0 Å². The third-order valence-electron chi connectivity index (χ3n) is 10.2. The average Bonchev–Trinajstić information content (AvgIpc) is 3.72. The first-order valence-corrected chi connectivity index (χ1v) is 16.9. The molecule has 0 bridgehead atoms. The van der Waals surface area contributed by atoms with Gasteiger partial charge in [0.25, 0.3) is 0 Å². The molecule has 0 nitrogen and oxygen atoms in total. The van der Waals surface area contributed by atoms with E-state index >= 15 is 0 Å². The van der Waals surface area contributed by atoms with Crippen molar-refractivity contribution in [2.24, 2.45) is 0 Å². The van der Waals surface area contributed by atoms with E-state index in [2.05, 4.69) is 176 Å². The lowest BCUT2D eigenvalue weighted by molar-refractivity contribution is 1.61. The van der Waals surface area contributed by atoms with Gasteiger partial charge in [-0.05, 0) is 123 Å². The maximum Gasteiger partial charge on any atom is 0.0237 e. The molecule has 0 saturated heterocycles. The number of rotatable bonds is 4. The van der Waals surface area contributed by atoms with Gasteiger partial charge >= 0.3 is 0 Å². The largest absolute Gasteiger partial charge is 0.112 e. The third-order valence-corrected chi connectivity index (χ3v) is 10.2. The molecule has 0 fully saturated rings.